The Balaban J connectivity index is 1.77. The SMILES string of the molecule is CC(Sc1nnc(-c2ccco2)n1C)C(=O)c1ccc(F)cc1. The van der Waals surface area contributed by atoms with Gasteiger partial charge in [0.25, 0.3) is 0 Å². The molecule has 1 aromatic carbocycles. The molecule has 3 rings (SSSR count). The van der Waals surface area contributed by atoms with E-state index >= 15 is 0 Å². The summed E-state index contributed by atoms with van der Waals surface area (Å²) in [6.45, 7) is 1.79. The largest absolute Gasteiger partial charge is 0.461 e. The number of benzene rings is 1. The summed E-state index contributed by atoms with van der Waals surface area (Å²) >= 11 is 1.30. The minimum absolute atomic E-state index is 0.0856. The summed E-state index contributed by atoms with van der Waals surface area (Å²) < 4.78 is 20.0. The Labute approximate surface area is 136 Å². The maximum atomic E-state index is 12.9. The summed E-state index contributed by atoms with van der Waals surface area (Å²) in [7, 11) is 1.81. The smallest absolute Gasteiger partial charge is 0.200 e. The van der Waals surface area contributed by atoms with Gasteiger partial charge in [-0.15, -0.1) is 10.2 Å². The third-order valence-corrected chi connectivity index (χ3v) is 4.49. The van der Waals surface area contributed by atoms with Crippen LogP contribution in [0, 0.1) is 5.82 Å². The van der Waals surface area contributed by atoms with Gasteiger partial charge < -0.3 is 8.98 Å². The van der Waals surface area contributed by atoms with Gasteiger partial charge >= 0.3 is 0 Å². The second kappa shape index (κ2) is 6.37. The lowest BCUT2D eigenvalue weighted by atomic mass is 10.1. The molecular formula is C16H14FN3O2S. The first kappa shape index (κ1) is 15.5. The van der Waals surface area contributed by atoms with Gasteiger partial charge in [-0.1, -0.05) is 11.8 Å². The molecule has 118 valence electrons. The highest BCUT2D eigenvalue weighted by atomic mass is 32.2. The van der Waals surface area contributed by atoms with Crippen LogP contribution in [-0.4, -0.2) is 25.8 Å². The number of nitrogens with zero attached hydrogens (tertiary/aromatic N) is 3. The van der Waals surface area contributed by atoms with Gasteiger partial charge in [-0.2, -0.15) is 0 Å². The van der Waals surface area contributed by atoms with Crippen LogP contribution < -0.4 is 0 Å². The molecule has 2 aromatic heterocycles. The van der Waals surface area contributed by atoms with Crippen LogP contribution in [0.1, 0.15) is 17.3 Å². The third kappa shape index (κ3) is 3.19. The maximum Gasteiger partial charge on any atom is 0.200 e. The molecule has 3 aromatic rings. The van der Waals surface area contributed by atoms with Crippen molar-refractivity contribution in [1.82, 2.24) is 14.8 Å². The van der Waals surface area contributed by atoms with E-state index in [0.29, 0.717) is 22.3 Å². The topological polar surface area (TPSA) is 60.9 Å². The van der Waals surface area contributed by atoms with Gasteiger partial charge in [-0.05, 0) is 43.3 Å². The van der Waals surface area contributed by atoms with Crippen LogP contribution in [0.25, 0.3) is 11.6 Å². The molecule has 7 heteroatoms. The molecule has 0 N–H and O–H groups in total. The Kier molecular flexibility index (Phi) is 4.29. The Bertz CT molecular complexity index is 812. The number of aromatic nitrogens is 3. The number of carbonyl (C=O) groups excluding carboxylic acids is 1. The lowest BCUT2D eigenvalue weighted by Crippen LogP contribution is -2.14. The molecule has 0 saturated carbocycles. The monoisotopic (exact) mass is 331 g/mol. The molecule has 0 aliphatic rings. The van der Waals surface area contributed by atoms with E-state index in [1.807, 2.05) is 7.05 Å². The molecule has 0 saturated heterocycles. The number of furan rings is 1. The van der Waals surface area contributed by atoms with Gasteiger partial charge in [-0.3, -0.25) is 4.79 Å². The predicted molar refractivity (Wildman–Crippen MR) is 84.8 cm³/mol. The Hall–Kier alpha value is -2.41. The van der Waals surface area contributed by atoms with Crippen LogP contribution in [0.4, 0.5) is 4.39 Å². The third-order valence-electron chi connectivity index (χ3n) is 3.36. The maximum absolute atomic E-state index is 12.9. The normalized spacial score (nSPS) is 12.3. The summed E-state index contributed by atoms with van der Waals surface area (Å²) in [5.41, 5.74) is 0.472. The van der Waals surface area contributed by atoms with Crippen LogP contribution in [0.15, 0.2) is 52.2 Å². The van der Waals surface area contributed by atoms with Crippen LogP contribution in [0.3, 0.4) is 0 Å². The molecule has 0 aliphatic heterocycles. The van der Waals surface area contributed by atoms with Crippen molar-refractivity contribution in [2.24, 2.45) is 7.05 Å². The number of rotatable bonds is 5. The van der Waals surface area contributed by atoms with Crippen molar-refractivity contribution in [3.63, 3.8) is 0 Å². The Morgan fingerprint density at radius 2 is 2.00 bits per heavy atom. The highest BCUT2D eigenvalue weighted by Gasteiger charge is 2.21. The fraction of sp³-hybridized carbons (Fsp3) is 0.188. The average Bonchev–Trinajstić information content (AvgIpc) is 3.18. The molecule has 0 aliphatic carbocycles. The van der Waals surface area contributed by atoms with Gasteiger partial charge in [0.15, 0.2) is 22.5 Å². The summed E-state index contributed by atoms with van der Waals surface area (Å²) in [6.07, 6.45) is 1.57. The number of carbonyl (C=O) groups is 1. The molecule has 0 radical (unpaired) electrons. The molecular weight excluding hydrogens is 317 g/mol. The van der Waals surface area contributed by atoms with Gasteiger partial charge in [-0.25, -0.2) is 4.39 Å². The van der Waals surface area contributed by atoms with Crippen LogP contribution in [0.5, 0.6) is 0 Å². The summed E-state index contributed by atoms with van der Waals surface area (Å²) in [4.78, 5) is 12.4. The lowest BCUT2D eigenvalue weighted by molar-refractivity contribution is 0.0994. The summed E-state index contributed by atoms with van der Waals surface area (Å²) in [5.74, 6) is 0.763. The Morgan fingerprint density at radius 1 is 1.26 bits per heavy atom. The molecule has 23 heavy (non-hydrogen) atoms. The number of Topliss-reactive ketones (excluding diaryl/α,β-unsaturated/α-hetero) is 1. The first-order chi connectivity index (χ1) is 11.1. The predicted octanol–water partition coefficient (Wildman–Crippen LogP) is 3.58. The van der Waals surface area contributed by atoms with E-state index < -0.39 is 0 Å². The molecule has 0 spiro atoms. The summed E-state index contributed by atoms with van der Waals surface area (Å²) in [5, 5.41) is 8.44. The van der Waals surface area contributed by atoms with E-state index in [1.165, 1.54) is 36.0 Å². The second-order valence-electron chi connectivity index (χ2n) is 4.97. The van der Waals surface area contributed by atoms with E-state index in [9.17, 15) is 9.18 Å². The number of halogens is 1. The lowest BCUT2D eigenvalue weighted by Gasteiger charge is -2.09. The van der Waals surface area contributed by atoms with Crippen molar-refractivity contribution in [2.45, 2.75) is 17.3 Å². The molecule has 1 atom stereocenters. The van der Waals surface area contributed by atoms with E-state index in [4.69, 9.17) is 4.42 Å². The van der Waals surface area contributed by atoms with Gasteiger partial charge in [0.2, 0.25) is 0 Å². The van der Waals surface area contributed by atoms with E-state index in [-0.39, 0.29) is 16.9 Å². The zero-order valence-corrected chi connectivity index (χ0v) is 13.4. The minimum Gasteiger partial charge on any atom is -0.461 e. The number of hydrogen-bond acceptors (Lipinski definition) is 5. The number of ketones is 1. The fourth-order valence-electron chi connectivity index (χ4n) is 2.10. The first-order valence-electron chi connectivity index (χ1n) is 6.96. The Morgan fingerprint density at radius 3 is 2.65 bits per heavy atom. The second-order valence-corrected chi connectivity index (χ2v) is 6.28. The quantitative estimate of drug-likeness (QED) is 0.528. The van der Waals surface area contributed by atoms with E-state index in [0.717, 1.165) is 0 Å². The first-order valence-corrected chi connectivity index (χ1v) is 7.84. The average molecular weight is 331 g/mol. The van der Waals surface area contributed by atoms with Crippen LogP contribution in [0.2, 0.25) is 0 Å². The number of thioether (sulfide) groups is 1. The van der Waals surface area contributed by atoms with Crippen LogP contribution in [-0.2, 0) is 7.05 Å². The fourth-order valence-corrected chi connectivity index (χ4v) is 2.99. The van der Waals surface area contributed by atoms with Crippen molar-refractivity contribution in [1.29, 1.82) is 0 Å². The van der Waals surface area contributed by atoms with Crippen molar-refractivity contribution in [3.05, 3.63) is 54.0 Å². The molecule has 0 amide bonds. The zero-order valence-electron chi connectivity index (χ0n) is 12.6. The van der Waals surface area contributed by atoms with Gasteiger partial charge in [0.1, 0.15) is 5.82 Å². The molecule has 1 unspecified atom stereocenters. The van der Waals surface area contributed by atoms with Gasteiger partial charge in [0.05, 0.1) is 11.5 Å². The number of hydrogen-bond donors (Lipinski definition) is 0. The van der Waals surface area contributed by atoms with Crippen molar-refractivity contribution < 1.29 is 13.6 Å². The van der Waals surface area contributed by atoms with E-state index in [2.05, 4.69) is 10.2 Å². The highest BCUT2D eigenvalue weighted by molar-refractivity contribution is 8.00. The molecule has 0 bridgehead atoms. The minimum atomic E-state index is -0.368. The zero-order chi connectivity index (χ0) is 16.4. The van der Waals surface area contributed by atoms with Gasteiger partial charge in [0, 0.05) is 12.6 Å². The van der Waals surface area contributed by atoms with Crippen molar-refractivity contribution in [2.75, 3.05) is 0 Å². The van der Waals surface area contributed by atoms with Crippen LogP contribution >= 0.6 is 11.8 Å². The molecule has 2 heterocycles. The molecule has 0 fully saturated rings. The van der Waals surface area contributed by atoms with Crippen molar-refractivity contribution in [3.8, 4) is 11.6 Å². The standard InChI is InChI=1S/C16H14FN3O2S/c1-10(14(21)11-5-7-12(17)8-6-11)23-16-19-18-15(20(16)2)13-4-3-9-22-13/h3-10H,1-2H3. The highest BCUT2D eigenvalue weighted by Crippen LogP contribution is 2.27. The summed E-state index contributed by atoms with van der Waals surface area (Å²) in [6, 6.07) is 9.10. The van der Waals surface area contributed by atoms with Crippen molar-refractivity contribution >= 4 is 17.5 Å². The molecule has 5 nitrogen and oxygen atoms in total. The van der Waals surface area contributed by atoms with E-state index in [1.54, 1.807) is 29.9 Å².